The van der Waals surface area contributed by atoms with E-state index in [0.717, 1.165) is 37.1 Å². The lowest BCUT2D eigenvalue weighted by Crippen LogP contribution is -2.41. The van der Waals surface area contributed by atoms with Crippen molar-refractivity contribution in [2.24, 2.45) is 4.99 Å². The van der Waals surface area contributed by atoms with Crippen LogP contribution in [0, 0.1) is 6.92 Å². The molecule has 2 unspecified atom stereocenters. The molecule has 0 bridgehead atoms. The molecule has 1 aliphatic heterocycles. The van der Waals surface area contributed by atoms with Crippen molar-refractivity contribution in [1.29, 1.82) is 0 Å². The van der Waals surface area contributed by atoms with Gasteiger partial charge in [0.05, 0.1) is 11.6 Å². The molecule has 1 aromatic heterocycles. The highest BCUT2D eigenvalue weighted by molar-refractivity contribution is 5.80. The van der Waals surface area contributed by atoms with Crippen molar-refractivity contribution < 1.29 is 13.2 Å². The molecule has 1 aliphatic rings. The highest BCUT2D eigenvalue weighted by atomic mass is 19.4. The van der Waals surface area contributed by atoms with Gasteiger partial charge in [0.15, 0.2) is 5.96 Å². The lowest BCUT2D eigenvalue weighted by Gasteiger charge is -2.25. The number of hydrogen-bond donors (Lipinski definition) is 2. The molecule has 0 aliphatic carbocycles. The second-order valence-electron chi connectivity index (χ2n) is 7.65. The van der Waals surface area contributed by atoms with Gasteiger partial charge in [-0.2, -0.15) is 18.3 Å². The molecule has 2 aromatic rings. The zero-order valence-corrected chi connectivity index (χ0v) is 17.6. The summed E-state index contributed by atoms with van der Waals surface area (Å²) >= 11 is 0. The number of fused-ring (bicyclic) bond motifs is 1. The van der Waals surface area contributed by atoms with Crippen LogP contribution in [0.2, 0.25) is 0 Å². The second kappa shape index (κ2) is 9.49. The molecule has 0 spiro atoms. The topological polar surface area (TPSA) is 67.1 Å². The lowest BCUT2D eigenvalue weighted by molar-refractivity contribution is -0.137. The Hall–Kier alpha value is -2.58. The Morgan fingerprint density at radius 2 is 2.17 bits per heavy atom. The Bertz CT molecular complexity index is 874. The Balaban J connectivity index is 1.63. The van der Waals surface area contributed by atoms with Crippen molar-refractivity contribution in [3.63, 3.8) is 0 Å². The van der Waals surface area contributed by atoms with Crippen LogP contribution in [-0.2, 0) is 12.7 Å². The van der Waals surface area contributed by atoms with Crippen LogP contribution in [0.1, 0.15) is 67.8 Å². The molecule has 0 saturated carbocycles. The first kappa shape index (κ1) is 22.1. The first-order chi connectivity index (χ1) is 14.3. The number of nitrogens with zero attached hydrogens (tertiary/aromatic N) is 4. The molecule has 6 nitrogen and oxygen atoms in total. The van der Waals surface area contributed by atoms with E-state index in [1.54, 1.807) is 6.07 Å². The van der Waals surface area contributed by atoms with Gasteiger partial charge in [-0.05, 0) is 50.7 Å². The number of halogens is 3. The summed E-state index contributed by atoms with van der Waals surface area (Å²) in [6, 6.07) is 5.58. The van der Waals surface area contributed by atoms with Crippen LogP contribution in [0.3, 0.4) is 0 Å². The molecule has 0 fully saturated rings. The fourth-order valence-corrected chi connectivity index (χ4v) is 3.65. The van der Waals surface area contributed by atoms with Gasteiger partial charge in [-0.15, -0.1) is 0 Å². The minimum Gasteiger partial charge on any atom is -0.357 e. The number of benzene rings is 1. The minimum atomic E-state index is -4.32. The molecule has 9 heteroatoms. The number of aromatic nitrogens is 3. The third kappa shape index (κ3) is 5.52. The van der Waals surface area contributed by atoms with E-state index >= 15 is 0 Å². The second-order valence-corrected chi connectivity index (χ2v) is 7.65. The molecule has 0 saturated heterocycles. The molecule has 0 amide bonds. The van der Waals surface area contributed by atoms with E-state index in [0.29, 0.717) is 31.0 Å². The summed E-state index contributed by atoms with van der Waals surface area (Å²) in [5.74, 6) is 2.34. The van der Waals surface area contributed by atoms with E-state index < -0.39 is 11.7 Å². The summed E-state index contributed by atoms with van der Waals surface area (Å²) in [5, 5.41) is 11.1. The summed E-state index contributed by atoms with van der Waals surface area (Å²) in [7, 11) is 0. The zero-order chi connectivity index (χ0) is 21.7. The molecule has 2 atom stereocenters. The Kier molecular flexibility index (Phi) is 6.99. The van der Waals surface area contributed by atoms with Crippen molar-refractivity contribution in [3.8, 4) is 0 Å². The molecule has 2 N–H and O–H groups in total. The van der Waals surface area contributed by atoms with Gasteiger partial charge in [0.2, 0.25) is 0 Å². The van der Waals surface area contributed by atoms with Crippen LogP contribution < -0.4 is 10.6 Å². The predicted molar refractivity (Wildman–Crippen MR) is 110 cm³/mol. The molecule has 2 heterocycles. The number of aryl methyl sites for hydroxylation is 2. The maximum Gasteiger partial charge on any atom is 0.416 e. The number of rotatable bonds is 6. The van der Waals surface area contributed by atoms with E-state index in [1.807, 2.05) is 25.5 Å². The molecular weight excluding hydrogens is 393 g/mol. The van der Waals surface area contributed by atoms with Gasteiger partial charge in [-0.25, -0.2) is 9.67 Å². The fourth-order valence-electron chi connectivity index (χ4n) is 3.65. The summed E-state index contributed by atoms with van der Waals surface area (Å²) in [4.78, 5) is 9.18. The Labute approximate surface area is 175 Å². The fraction of sp³-hybridized carbons (Fsp3) is 0.571. The maximum absolute atomic E-state index is 13.0. The standard InChI is InChI=1S/C21H29F3N6/c1-4-25-20(28-18-9-6-12-30-19(18)27-15(3)29-30)26-11-10-14(2)16-7-5-8-17(13-16)21(22,23)24/h5,7-8,13-14,18H,4,6,9-12H2,1-3H3,(H2,25,26,28). The van der Waals surface area contributed by atoms with E-state index in [4.69, 9.17) is 0 Å². The summed E-state index contributed by atoms with van der Waals surface area (Å²) in [5.41, 5.74) is 0.0657. The SMILES string of the molecule is CCNC(=NCCC(C)c1cccc(C(F)(F)F)c1)NC1CCCn2nc(C)nc21. The summed E-state index contributed by atoms with van der Waals surface area (Å²) in [6.45, 7) is 7.90. The van der Waals surface area contributed by atoms with E-state index in [1.165, 1.54) is 12.1 Å². The number of hydrogen-bond acceptors (Lipinski definition) is 3. The van der Waals surface area contributed by atoms with Crippen LogP contribution in [0.15, 0.2) is 29.3 Å². The smallest absolute Gasteiger partial charge is 0.357 e. The Morgan fingerprint density at radius 3 is 2.90 bits per heavy atom. The van der Waals surface area contributed by atoms with Crippen LogP contribution in [0.25, 0.3) is 0 Å². The van der Waals surface area contributed by atoms with Gasteiger partial charge in [0, 0.05) is 19.6 Å². The van der Waals surface area contributed by atoms with E-state index in [-0.39, 0.29) is 12.0 Å². The average molecular weight is 422 g/mol. The third-order valence-corrected chi connectivity index (χ3v) is 5.25. The predicted octanol–water partition coefficient (Wildman–Crippen LogP) is 4.19. The van der Waals surface area contributed by atoms with E-state index in [2.05, 4.69) is 25.7 Å². The quantitative estimate of drug-likeness (QED) is 0.541. The molecular formula is C21H29F3N6. The number of aliphatic imine (C=N–C) groups is 1. The van der Waals surface area contributed by atoms with Gasteiger partial charge in [-0.1, -0.05) is 25.1 Å². The molecule has 164 valence electrons. The normalized spacial score (nSPS) is 18.1. The van der Waals surface area contributed by atoms with Gasteiger partial charge in [0.25, 0.3) is 0 Å². The molecule has 0 radical (unpaired) electrons. The molecule has 1 aromatic carbocycles. The van der Waals surface area contributed by atoms with Crippen LogP contribution in [0.4, 0.5) is 13.2 Å². The van der Waals surface area contributed by atoms with Crippen molar-refractivity contribution in [2.45, 2.75) is 64.7 Å². The summed E-state index contributed by atoms with van der Waals surface area (Å²) < 4.78 is 40.8. The Morgan fingerprint density at radius 1 is 1.37 bits per heavy atom. The van der Waals surface area contributed by atoms with Crippen molar-refractivity contribution in [3.05, 3.63) is 47.0 Å². The van der Waals surface area contributed by atoms with Crippen molar-refractivity contribution in [2.75, 3.05) is 13.1 Å². The maximum atomic E-state index is 13.0. The zero-order valence-electron chi connectivity index (χ0n) is 17.6. The molecule has 3 rings (SSSR count). The highest BCUT2D eigenvalue weighted by Gasteiger charge is 2.30. The monoisotopic (exact) mass is 422 g/mol. The van der Waals surface area contributed by atoms with Gasteiger partial charge >= 0.3 is 6.18 Å². The lowest BCUT2D eigenvalue weighted by atomic mass is 9.96. The van der Waals surface area contributed by atoms with Crippen molar-refractivity contribution >= 4 is 5.96 Å². The van der Waals surface area contributed by atoms with Crippen molar-refractivity contribution in [1.82, 2.24) is 25.4 Å². The van der Waals surface area contributed by atoms with Crippen LogP contribution >= 0.6 is 0 Å². The number of guanidine groups is 1. The largest absolute Gasteiger partial charge is 0.416 e. The number of nitrogens with one attached hydrogen (secondary N) is 2. The average Bonchev–Trinajstić information content (AvgIpc) is 3.08. The highest BCUT2D eigenvalue weighted by Crippen LogP contribution is 2.31. The van der Waals surface area contributed by atoms with Crippen LogP contribution in [-0.4, -0.2) is 33.8 Å². The summed E-state index contributed by atoms with van der Waals surface area (Å²) in [6.07, 6.45) is -1.71. The van der Waals surface area contributed by atoms with Gasteiger partial charge < -0.3 is 10.6 Å². The third-order valence-electron chi connectivity index (χ3n) is 5.25. The van der Waals surface area contributed by atoms with Gasteiger partial charge in [-0.3, -0.25) is 4.99 Å². The first-order valence-electron chi connectivity index (χ1n) is 10.4. The molecule has 30 heavy (non-hydrogen) atoms. The van der Waals surface area contributed by atoms with E-state index in [9.17, 15) is 13.2 Å². The first-order valence-corrected chi connectivity index (χ1v) is 10.4. The minimum absolute atomic E-state index is 0.0284. The van der Waals surface area contributed by atoms with Crippen LogP contribution in [0.5, 0.6) is 0 Å². The number of alkyl halides is 3. The van der Waals surface area contributed by atoms with Gasteiger partial charge in [0.1, 0.15) is 11.6 Å².